The van der Waals surface area contributed by atoms with Crippen molar-refractivity contribution in [3.8, 4) is 0 Å². The quantitative estimate of drug-likeness (QED) is 0.866. The van der Waals surface area contributed by atoms with Crippen molar-refractivity contribution in [2.75, 3.05) is 5.32 Å². The average Bonchev–Trinajstić information content (AvgIpc) is 2.32. The van der Waals surface area contributed by atoms with Crippen molar-refractivity contribution < 1.29 is 9.90 Å². The highest BCUT2D eigenvalue weighted by Crippen LogP contribution is 2.18. The SMILES string of the molecule is Cc1ccc(Nc2nc(C)ncc2C(=O)O)cc1. The second-order valence-electron chi connectivity index (χ2n) is 3.98. The molecule has 1 heterocycles. The standard InChI is InChI=1S/C13H13N3O2/c1-8-3-5-10(6-4-8)16-12-11(13(17)18)7-14-9(2)15-12/h3-7H,1-2H3,(H,17,18)(H,14,15,16). The fourth-order valence-corrected chi connectivity index (χ4v) is 1.50. The van der Waals surface area contributed by atoms with Gasteiger partial charge in [0.25, 0.3) is 0 Å². The molecular formula is C13H13N3O2. The van der Waals surface area contributed by atoms with Crippen LogP contribution in [0.25, 0.3) is 0 Å². The Labute approximate surface area is 105 Å². The lowest BCUT2D eigenvalue weighted by Gasteiger charge is -2.09. The molecule has 0 bridgehead atoms. The van der Waals surface area contributed by atoms with Crippen molar-refractivity contribution in [2.24, 2.45) is 0 Å². The molecule has 2 N–H and O–H groups in total. The van der Waals surface area contributed by atoms with E-state index in [0.717, 1.165) is 11.3 Å². The highest BCUT2D eigenvalue weighted by Gasteiger charge is 2.12. The van der Waals surface area contributed by atoms with Gasteiger partial charge in [-0.2, -0.15) is 0 Å². The normalized spacial score (nSPS) is 10.1. The van der Waals surface area contributed by atoms with E-state index in [1.54, 1.807) is 6.92 Å². The summed E-state index contributed by atoms with van der Waals surface area (Å²) in [6.45, 7) is 3.70. The molecule has 5 nitrogen and oxygen atoms in total. The molecule has 2 aromatic rings. The molecule has 1 aromatic carbocycles. The van der Waals surface area contributed by atoms with Crippen LogP contribution in [0.3, 0.4) is 0 Å². The first-order valence-electron chi connectivity index (χ1n) is 5.47. The van der Waals surface area contributed by atoms with E-state index in [2.05, 4.69) is 15.3 Å². The maximum absolute atomic E-state index is 11.1. The number of aromatic carboxylic acids is 1. The molecule has 2 rings (SSSR count). The van der Waals surface area contributed by atoms with E-state index in [-0.39, 0.29) is 5.56 Å². The number of nitrogens with zero attached hydrogens (tertiary/aromatic N) is 2. The van der Waals surface area contributed by atoms with E-state index in [1.165, 1.54) is 6.20 Å². The van der Waals surface area contributed by atoms with E-state index in [1.807, 2.05) is 31.2 Å². The fourth-order valence-electron chi connectivity index (χ4n) is 1.50. The van der Waals surface area contributed by atoms with Crippen molar-refractivity contribution in [3.05, 3.63) is 47.4 Å². The number of aromatic nitrogens is 2. The number of anilines is 2. The summed E-state index contributed by atoms with van der Waals surface area (Å²) in [4.78, 5) is 19.1. The van der Waals surface area contributed by atoms with Crippen LogP contribution in [0, 0.1) is 13.8 Å². The van der Waals surface area contributed by atoms with Gasteiger partial charge in [0, 0.05) is 11.9 Å². The molecule has 0 aliphatic heterocycles. The van der Waals surface area contributed by atoms with E-state index in [9.17, 15) is 4.79 Å². The lowest BCUT2D eigenvalue weighted by molar-refractivity contribution is 0.0697. The molecule has 0 unspecified atom stereocenters. The summed E-state index contributed by atoms with van der Waals surface area (Å²) in [6.07, 6.45) is 1.31. The third-order valence-electron chi connectivity index (χ3n) is 2.45. The van der Waals surface area contributed by atoms with Crippen molar-refractivity contribution in [3.63, 3.8) is 0 Å². The van der Waals surface area contributed by atoms with Gasteiger partial charge in [0.05, 0.1) is 0 Å². The Kier molecular flexibility index (Phi) is 3.23. The average molecular weight is 243 g/mol. The van der Waals surface area contributed by atoms with E-state index in [0.29, 0.717) is 11.6 Å². The monoisotopic (exact) mass is 243 g/mol. The predicted octanol–water partition coefficient (Wildman–Crippen LogP) is 2.54. The molecule has 0 aliphatic carbocycles. The maximum atomic E-state index is 11.1. The molecule has 0 saturated carbocycles. The van der Waals surface area contributed by atoms with Crippen LogP contribution in [0.2, 0.25) is 0 Å². The zero-order valence-electron chi connectivity index (χ0n) is 10.1. The third-order valence-corrected chi connectivity index (χ3v) is 2.45. The number of rotatable bonds is 3. The van der Waals surface area contributed by atoms with E-state index >= 15 is 0 Å². The van der Waals surface area contributed by atoms with Gasteiger partial charge in [0.1, 0.15) is 17.2 Å². The number of nitrogens with one attached hydrogen (secondary N) is 1. The van der Waals surface area contributed by atoms with Crippen LogP contribution in [0.1, 0.15) is 21.7 Å². The predicted molar refractivity (Wildman–Crippen MR) is 68.2 cm³/mol. The van der Waals surface area contributed by atoms with Gasteiger partial charge in [-0.05, 0) is 26.0 Å². The first-order valence-corrected chi connectivity index (χ1v) is 5.47. The van der Waals surface area contributed by atoms with Crippen LogP contribution in [-0.4, -0.2) is 21.0 Å². The molecule has 0 amide bonds. The molecular weight excluding hydrogens is 230 g/mol. The van der Waals surface area contributed by atoms with Crippen LogP contribution in [0.15, 0.2) is 30.5 Å². The Bertz CT molecular complexity index is 579. The summed E-state index contributed by atoms with van der Waals surface area (Å²) in [7, 11) is 0. The van der Waals surface area contributed by atoms with Gasteiger partial charge in [0.15, 0.2) is 0 Å². The summed E-state index contributed by atoms with van der Waals surface area (Å²) >= 11 is 0. The summed E-state index contributed by atoms with van der Waals surface area (Å²) in [5.41, 5.74) is 1.99. The van der Waals surface area contributed by atoms with Crippen molar-refractivity contribution in [2.45, 2.75) is 13.8 Å². The third kappa shape index (κ3) is 2.63. The maximum Gasteiger partial charge on any atom is 0.341 e. The highest BCUT2D eigenvalue weighted by molar-refractivity contribution is 5.93. The molecule has 0 aliphatic rings. The Morgan fingerprint density at radius 2 is 1.89 bits per heavy atom. The van der Waals surface area contributed by atoms with Gasteiger partial charge in [-0.25, -0.2) is 14.8 Å². The van der Waals surface area contributed by atoms with E-state index in [4.69, 9.17) is 5.11 Å². The second kappa shape index (κ2) is 4.83. The zero-order valence-corrected chi connectivity index (χ0v) is 10.1. The van der Waals surface area contributed by atoms with Crippen LogP contribution in [0.5, 0.6) is 0 Å². The van der Waals surface area contributed by atoms with Gasteiger partial charge in [-0.3, -0.25) is 0 Å². The summed E-state index contributed by atoms with van der Waals surface area (Å²) < 4.78 is 0. The minimum absolute atomic E-state index is 0.0566. The summed E-state index contributed by atoms with van der Waals surface area (Å²) in [6, 6.07) is 7.63. The molecule has 0 fully saturated rings. The zero-order chi connectivity index (χ0) is 13.1. The van der Waals surface area contributed by atoms with Crippen molar-refractivity contribution >= 4 is 17.5 Å². The van der Waals surface area contributed by atoms with E-state index < -0.39 is 5.97 Å². The first kappa shape index (κ1) is 12.0. The van der Waals surface area contributed by atoms with Crippen LogP contribution in [0.4, 0.5) is 11.5 Å². The van der Waals surface area contributed by atoms with Gasteiger partial charge in [0.2, 0.25) is 0 Å². The Balaban J connectivity index is 2.35. The van der Waals surface area contributed by atoms with Gasteiger partial charge < -0.3 is 10.4 Å². The largest absolute Gasteiger partial charge is 0.477 e. The summed E-state index contributed by atoms with van der Waals surface area (Å²) in [5, 5.41) is 12.0. The van der Waals surface area contributed by atoms with Crippen molar-refractivity contribution in [1.82, 2.24) is 9.97 Å². The number of carboxylic acids is 1. The second-order valence-corrected chi connectivity index (χ2v) is 3.98. The fraction of sp³-hybridized carbons (Fsp3) is 0.154. The number of hydrogen-bond acceptors (Lipinski definition) is 4. The van der Waals surface area contributed by atoms with Crippen LogP contribution in [-0.2, 0) is 0 Å². The Morgan fingerprint density at radius 1 is 1.22 bits per heavy atom. The van der Waals surface area contributed by atoms with Crippen molar-refractivity contribution in [1.29, 1.82) is 0 Å². The molecule has 5 heteroatoms. The van der Waals surface area contributed by atoms with Crippen LogP contribution < -0.4 is 5.32 Å². The molecule has 18 heavy (non-hydrogen) atoms. The minimum atomic E-state index is -1.05. The smallest absolute Gasteiger partial charge is 0.341 e. The molecule has 0 radical (unpaired) electrons. The minimum Gasteiger partial charge on any atom is -0.477 e. The topological polar surface area (TPSA) is 75.1 Å². The van der Waals surface area contributed by atoms with Gasteiger partial charge >= 0.3 is 5.97 Å². The number of benzene rings is 1. The molecule has 0 saturated heterocycles. The Morgan fingerprint density at radius 3 is 2.50 bits per heavy atom. The van der Waals surface area contributed by atoms with Crippen LogP contribution >= 0.6 is 0 Å². The Hall–Kier alpha value is -2.43. The lowest BCUT2D eigenvalue weighted by atomic mass is 10.2. The number of carboxylic acid groups (broad SMARTS) is 1. The number of carbonyl (C=O) groups is 1. The molecule has 0 spiro atoms. The molecule has 92 valence electrons. The first-order chi connectivity index (χ1) is 8.56. The molecule has 1 aromatic heterocycles. The number of hydrogen-bond donors (Lipinski definition) is 2. The van der Waals surface area contributed by atoms with Gasteiger partial charge in [-0.15, -0.1) is 0 Å². The molecule has 0 atom stereocenters. The van der Waals surface area contributed by atoms with Gasteiger partial charge in [-0.1, -0.05) is 17.7 Å². The lowest BCUT2D eigenvalue weighted by Crippen LogP contribution is -2.07. The highest BCUT2D eigenvalue weighted by atomic mass is 16.4. The summed E-state index contributed by atoms with van der Waals surface area (Å²) in [5.74, 6) is -0.224. The number of aryl methyl sites for hydroxylation is 2.